The Morgan fingerprint density at radius 3 is 2.17 bits per heavy atom. The second kappa shape index (κ2) is 15.6. The molecule has 1 aliphatic carbocycles. The summed E-state index contributed by atoms with van der Waals surface area (Å²) in [7, 11) is -5.46. The molecule has 1 aliphatic rings. The van der Waals surface area contributed by atoms with E-state index in [1.54, 1.807) is 6.92 Å². The van der Waals surface area contributed by atoms with Crippen LogP contribution in [0.5, 0.6) is 5.75 Å². The van der Waals surface area contributed by atoms with Gasteiger partial charge in [0.2, 0.25) is 15.9 Å². The number of aromatic carboxylic acids is 1. The molecule has 5 rings (SSSR count). The number of halogens is 6. The third kappa shape index (κ3) is 8.57. The van der Waals surface area contributed by atoms with E-state index in [1.807, 2.05) is 32.9 Å². The maximum Gasteiger partial charge on any atom is 0.335 e. The van der Waals surface area contributed by atoms with Crippen LogP contribution in [0, 0.1) is 29.1 Å². The molecule has 1 saturated carbocycles. The molecule has 0 saturated heterocycles. The number of hydrogen-bond donors (Lipinski definition) is 1. The number of carbonyl (C=O) groups is 2. The molecule has 4 aromatic rings. The first-order valence-electron chi connectivity index (χ1n) is 16.5. The third-order valence-corrected chi connectivity index (χ3v) is 11.6. The molecule has 1 N–H and O–H groups in total. The van der Waals surface area contributed by atoms with E-state index < -0.39 is 73.4 Å². The normalized spacial score (nSPS) is 13.3. The standard InChI is InChI=1S/C38H36BrF5N2O6S/c1-5-52-29-17-23(37(48)49)12-13-28(29)46(18-21-14-25(22-10-11-22)16-26(15-21)38(2,3)4)30(47)20-45(19-24-8-6-7-9-27(24)40)53(50,51)36-31(39)32(41)33(42)34(43)35(36)44/h6-9,12-17,22H,5,10-11,18-20H2,1-4H3,(H,48,49). The average molecular weight is 824 g/mol. The number of carboxylic acid groups (broad SMARTS) is 1. The summed E-state index contributed by atoms with van der Waals surface area (Å²) in [4.78, 5) is 26.0. The molecule has 0 atom stereocenters. The summed E-state index contributed by atoms with van der Waals surface area (Å²) in [6.45, 7) is 5.49. The number of rotatable bonds is 13. The van der Waals surface area contributed by atoms with Gasteiger partial charge in [-0.15, -0.1) is 0 Å². The van der Waals surface area contributed by atoms with Crippen molar-refractivity contribution in [1.29, 1.82) is 0 Å². The maximum atomic E-state index is 15.3. The van der Waals surface area contributed by atoms with Crippen LogP contribution in [-0.2, 0) is 33.3 Å². The number of hydrogen-bond acceptors (Lipinski definition) is 5. The van der Waals surface area contributed by atoms with E-state index in [0.29, 0.717) is 15.8 Å². The minimum absolute atomic E-state index is 0.0323. The SMILES string of the molecule is CCOc1cc(C(=O)O)ccc1N(Cc1cc(C2CC2)cc(C(C)(C)C)c1)C(=O)CN(Cc1ccccc1F)S(=O)(=O)c1c(F)c(F)c(F)c(F)c1Br. The average Bonchev–Trinajstić information content (AvgIpc) is 3.95. The van der Waals surface area contributed by atoms with Crippen LogP contribution >= 0.6 is 15.9 Å². The highest BCUT2D eigenvalue weighted by Crippen LogP contribution is 2.42. The predicted molar refractivity (Wildman–Crippen MR) is 191 cm³/mol. The number of amides is 1. The summed E-state index contributed by atoms with van der Waals surface area (Å²) < 4.78 is 107. The molecule has 0 unspecified atom stereocenters. The van der Waals surface area contributed by atoms with E-state index in [0.717, 1.165) is 34.9 Å². The first kappa shape index (κ1) is 39.9. The van der Waals surface area contributed by atoms with Crippen LogP contribution < -0.4 is 9.64 Å². The van der Waals surface area contributed by atoms with Gasteiger partial charge in [-0.05, 0) is 88.0 Å². The van der Waals surface area contributed by atoms with Crippen LogP contribution in [0.15, 0.2) is 70.0 Å². The predicted octanol–water partition coefficient (Wildman–Crippen LogP) is 8.84. The van der Waals surface area contributed by atoms with E-state index in [2.05, 4.69) is 22.0 Å². The zero-order valence-corrected chi connectivity index (χ0v) is 31.6. The molecule has 0 bridgehead atoms. The van der Waals surface area contributed by atoms with Gasteiger partial charge < -0.3 is 14.7 Å². The van der Waals surface area contributed by atoms with Gasteiger partial charge in [0.1, 0.15) is 16.5 Å². The highest BCUT2D eigenvalue weighted by atomic mass is 79.9. The van der Waals surface area contributed by atoms with Crippen molar-refractivity contribution in [3.8, 4) is 5.75 Å². The van der Waals surface area contributed by atoms with Crippen molar-refractivity contribution in [3.63, 3.8) is 0 Å². The largest absolute Gasteiger partial charge is 0.492 e. The third-order valence-electron chi connectivity index (χ3n) is 8.75. The van der Waals surface area contributed by atoms with Gasteiger partial charge in [0.25, 0.3) is 0 Å². The fourth-order valence-corrected chi connectivity index (χ4v) is 8.19. The Morgan fingerprint density at radius 2 is 1.57 bits per heavy atom. The van der Waals surface area contributed by atoms with Gasteiger partial charge in [-0.1, -0.05) is 57.2 Å². The molecule has 0 spiro atoms. The lowest BCUT2D eigenvalue weighted by atomic mass is 9.84. The Kier molecular flexibility index (Phi) is 11.7. The second-order valence-electron chi connectivity index (χ2n) is 13.7. The van der Waals surface area contributed by atoms with Gasteiger partial charge in [-0.25, -0.2) is 35.2 Å². The Balaban J connectivity index is 1.68. The van der Waals surface area contributed by atoms with E-state index in [9.17, 15) is 40.7 Å². The Labute approximate surface area is 312 Å². The van der Waals surface area contributed by atoms with Gasteiger partial charge in [0.05, 0.1) is 35.4 Å². The van der Waals surface area contributed by atoms with Crippen LogP contribution in [0.25, 0.3) is 0 Å². The van der Waals surface area contributed by atoms with E-state index in [4.69, 9.17) is 4.74 Å². The summed E-state index contributed by atoms with van der Waals surface area (Å²) >= 11 is 2.53. The van der Waals surface area contributed by atoms with Crippen LogP contribution in [0.2, 0.25) is 0 Å². The minimum atomic E-state index is -5.46. The summed E-state index contributed by atoms with van der Waals surface area (Å²) in [5, 5.41) is 9.68. The van der Waals surface area contributed by atoms with E-state index in [-0.39, 0.29) is 41.1 Å². The summed E-state index contributed by atoms with van der Waals surface area (Å²) in [5.74, 6) is -11.9. The Morgan fingerprint density at radius 1 is 0.906 bits per heavy atom. The van der Waals surface area contributed by atoms with E-state index in [1.165, 1.54) is 36.4 Å². The number of benzene rings is 4. The second-order valence-corrected chi connectivity index (χ2v) is 16.3. The number of anilines is 1. The first-order chi connectivity index (χ1) is 24.8. The summed E-state index contributed by atoms with van der Waals surface area (Å²) in [6.07, 6.45) is 1.95. The Bertz CT molecular complexity index is 2160. The van der Waals surface area contributed by atoms with E-state index >= 15 is 4.39 Å². The molecule has 8 nitrogen and oxygen atoms in total. The summed E-state index contributed by atoms with van der Waals surface area (Å²) in [6, 6.07) is 14.6. The number of nitrogens with zero attached hydrogens (tertiary/aromatic N) is 2. The van der Waals surface area contributed by atoms with Gasteiger partial charge in [0, 0.05) is 12.1 Å². The Hall–Kier alpha value is -4.34. The quantitative estimate of drug-likeness (QED) is 0.0822. The van der Waals surface area contributed by atoms with Gasteiger partial charge in [-0.3, -0.25) is 4.79 Å². The molecular formula is C38H36BrF5N2O6S. The molecule has 53 heavy (non-hydrogen) atoms. The van der Waals surface area contributed by atoms with Crippen LogP contribution in [0.1, 0.15) is 79.1 Å². The van der Waals surface area contributed by atoms with Gasteiger partial charge in [0.15, 0.2) is 23.3 Å². The highest BCUT2D eigenvalue weighted by Gasteiger charge is 2.38. The molecule has 1 amide bonds. The lowest BCUT2D eigenvalue weighted by Gasteiger charge is -2.30. The molecule has 1 fully saturated rings. The minimum Gasteiger partial charge on any atom is -0.492 e. The number of carbonyl (C=O) groups excluding carboxylic acids is 1. The molecule has 0 heterocycles. The van der Waals surface area contributed by atoms with Crippen molar-refractivity contribution in [2.24, 2.45) is 0 Å². The summed E-state index contributed by atoms with van der Waals surface area (Å²) in [5.41, 5.74) is 1.93. The van der Waals surface area contributed by atoms with Crippen LogP contribution in [0.3, 0.4) is 0 Å². The van der Waals surface area contributed by atoms with Crippen molar-refractivity contribution >= 4 is 43.5 Å². The number of carboxylic acids is 1. The maximum absolute atomic E-state index is 15.3. The molecule has 282 valence electrons. The zero-order valence-electron chi connectivity index (χ0n) is 29.2. The molecule has 15 heteroatoms. The molecule has 0 radical (unpaired) electrons. The monoisotopic (exact) mass is 822 g/mol. The van der Waals surface area contributed by atoms with Gasteiger partial charge >= 0.3 is 5.97 Å². The van der Waals surface area contributed by atoms with Crippen molar-refractivity contribution in [3.05, 3.63) is 122 Å². The van der Waals surface area contributed by atoms with Crippen LogP contribution in [0.4, 0.5) is 27.6 Å². The molecule has 4 aromatic carbocycles. The van der Waals surface area contributed by atoms with Crippen molar-refractivity contribution in [2.45, 2.75) is 69.9 Å². The van der Waals surface area contributed by atoms with Crippen LogP contribution in [-0.4, -0.2) is 42.9 Å². The van der Waals surface area contributed by atoms with Crippen molar-refractivity contribution in [2.75, 3.05) is 18.1 Å². The van der Waals surface area contributed by atoms with Crippen molar-refractivity contribution < 1.29 is 49.8 Å². The highest BCUT2D eigenvalue weighted by molar-refractivity contribution is 9.10. The van der Waals surface area contributed by atoms with Gasteiger partial charge in [-0.2, -0.15) is 4.31 Å². The zero-order chi connectivity index (χ0) is 39.0. The fraction of sp³-hybridized carbons (Fsp3) is 0.316. The lowest BCUT2D eigenvalue weighted by molar-refractivity contribution is -0.119. The van der Waals surface area contributed by atoms with Crippen molar-refractivity contribution in [1.82, 2.24) is 4.31 Å². The smallest absolute Gasteiger partial charge is 0.335 e. The lowest BCUT2D eigenvalue weighted by Crippen LogP contribution is -2.43. The molecule has 0 aliphatic heterocycles. The first-order valence-corrected chi connectivity index (χ1v) is 18.8. The molecular weight excluding hydrogens is 787 g/mol. The number of sulfonamides is 1. The molecule has 0 aromatic heterocycles. The topological polar surface area (TPSA) is 104 Å². The number of ether oxygens (including phenoxy) is 1. The fourth-order valence-electron chi connectivity index (χ4n) is 5.75.